The van der Waals surface area contributed by atoms with Crippen molar-refractivity contribution in [1.29, 1.82) is 0 Å². The van der Waals surface area contributed by atoms with E-state index in [-0.39, 0.29) is 0 Å². The number of rotatable bonds is 7. The summed E-state index contributed by atoms with van der Waals surface area (Å²) < 4.78 is 25.1. The van der Waals surface area contributed by atoms with E-state index in [9.17, 15) is 14.8 Å². The van der Waals surface area contributed by atoms with Gasteiger partial charge in [-0.05, 0) is 0 Å². The highest BCUT2D eigenvalue weighted by atomic mass is 31.2. The third-order valence-electron chi connectivity index (χ3n) is 2.74. The third-order valence-corrected chi connectivity index (χ3v) is 3.26. The summed E-state index contributed by atoms with van der Waals surface area (Å²) in [6.07, 6.45) is -9.37. The highest BCUT2D eigenvalue weighted by Gasteiger charge is 2.48. The minimum Gasteiger partial charge on any atom is -0.394 e. The molecule has 21 heavy (non-hydrogen) atoms. The molecule has 1 heterocycles. The molecule has 0 saturated carbocycles. The second-order valence-electron chi connectivity index (χ2n) is 4.44. The van der Waals surface area contributed by atoms with Gasteiger partial charge in [-0.15, -0.1) is 0 Å². The molecular weight excluding hydrogens is 315 g/mol. The molecule has 1 fully saturated rings. The van der Waals surface area contributed by atoms with Crippen LogP contribution in [0.25, 0.3) is 0 Å². The smallest absolute Gasteiger partial charge is 0.394 e. The molecule has 126 valence electrons. The Morgan fingerprint density at radius 2 is 1.81 bits per heavy atom. The summed E-state index contributed by atoms with van der Waals surface area (Å²) in [5.41, 5.74) is 0. The molecule has 2 unspecified atom stereocenters. The molecule has 0 bridgehead atoms. The average molecular weight is 334 g/mol. The predicted molar refractivity (Wildman–Crippen MR) is 63.7 cm³/mol. The van der Waals surface area contributed by atoms with Crippen molar-refractivity contribution in [2.75, 3.05) is 19.8 Å². The second kappa shape index (κ2) is 7.90. The van der Waals surface area contributed by atoms with Crippen molar-refractivity contribution < 1.29 is 53.9 Å². The molecule has 1 rings (SSSR count). The van der Waals surface area contributed by atoms with E-state index < -0.39 is 64.5 Å². The molecular formula is C9H19O11P. The predicted octanol–water partition coefficient (Wildman–Crippen LogP) is -3.73. The Kier molecular flexibility index (Phi) is 7.10. The maximum absolute atomic E-state index is 10.8. The largest absolute Gasteiger partial charge is 0.470 e. The van der Waals surface area contributed by atoms with Crippen LogP contribution in [-0.2, 0) is 18.6 Å². The van der Waals surface area contributed by atoms with E-state index in [0.717, 1.165) is 0 Å². The van der Waals surface area contributed by atoms with Gasteiger partial charge in [0.25, 0.3) is 0 Å². The van der Waals surface area contributed by atoms with Gasteiger partial charge in [0.05, 0.1) is 19.8 Å². The standard InChI is InChI=1S/C9H19O11P/c10-1-4(12)3-18-9-7(14)8(20-21(15,16)17)6(13)5(2-11)19-9/h4-14H,1-3H2,(H2,15,16,17)/t4?,5-,6-,7-,8+,9?/m1/s1. The van der Waals surface area contributed by atoms with Crippen molar-refractivity contribution in [1.82, 2.24) is 0 Å². The summed E-state index contributed by atoms with van der Waals surface area (Å²) >= 11 is 0. The summed E-state index contributed by atoms with van der Waals surface area (Å²) in [6.45, 7) is -1.79. The van der Waals surface area contributed by atoms with E-state index in [1.807, 2.05) is 0 Å². The summed E-state index contributed by atoms with van der Waals surface area (Å²) in [7, 11) is -5.02. The molecule has 0 aliphatic carbocycles. The first kappa shape index (κ1) is 18.9. The average Bonchev–Trinajstić information content (AvgIpc) is 2.41. The third kappa shape index (κ3) is 5.51. The fourth-order valence-electron chi connectivity index (χ4n) is 1.73. The Bertz CT molecular complexity index is 360. The quantitative estimate of drug-likeness (QED) is 0.227. The minimum absolute atomic E-state index is 0.449. The van der Waals surface area contributed by atoms with Gasteiger partial charge in [0.15, 0.2) is 6.29 Å². The topological polar surface area (TPSA) is 186 Å². The van der Waals surface area contributed by atoms with Crippen LogP contribution in [0.3, 0.4) is 0 Å². The number of phosphoric ester groups is 1. The Balaban J connectivity index is 2.78. The summed E-state index contributed by atoms with van der Waals surface area (Å²) in [4.78, 5) is 17.5. The fourth-order valence-corrected chi connectivity index (χ4v) is 2.30. The molecule has 7 N–H and O–H groups in total. The van der Waals surface area contributed by atoms with Crippen molar-refractivity contribution in [3.63, 3.8) is 0 Å². The van der Waals surface area contributed by atoms with Gasteiger partial charge in [-0.2, -0.15) is 0 Å². The Hall–Kier alpha value is -0.170. The van der Waals surface area contributed by atoms with Crippen LogP contribution in [0, 0.1) is 0 Å². The lowest BCUT2D eigenvalue weighted by Crippen LogP contribution is -2.60. The number of ether oxygens (including phenoxy) is 2. The molecule has 1 aliphatic heterocycles. The SMILES string of the molecule is O=P(O)(O)O[C@H]1[C@H](O)[C@@H](CO)OC(OCC(O)CO)[C@@H]1O. The molecule has 0 aromatic carbocycles. The van der Waals surface area contributed by atoms with Crippen molar-refractivity contribution in [3.8, 4) is 0 Å². The van der Waals surface area contributed by atoms with E-state index in [0.29, 0.717) is 0 Å². The van der Waals surface area contributed by atoms with Crippen LogP contribution in [0.5, 0.6) is 0 Å². The van der Waals surface area contributed by atoms with Gasteiger partial charge < -0.3 is 44.8 Å². The van der Waals surface area contributed by atoms with Crippen LogP contribution in [-0.4, -0.2) is 91.9 Å². The van der Waals surface area contributed by atoms with E-state index in [2.05, 4.69) is 4.52 Å². The Labute approximate surface area is 119 Å². The van der Waals surface area contributed by atoms with Crippen LogP contribution in [0.15, 0.2) is 0 Å². The van der Waals surface area contributed by atoms with Gasteiger partial charge in [-0.3, -0.25) is 4.52 Å². The van der Waals surface area contributed by atoms with Crippen LogP contribution < -0.4 is 0 Å². The monoisotopic (exact) mass is 334 g/mol. The van der Waals surface area contributed by atoms with Gasteiger partial charge in [-0.1, -0.05) is 0 Å². The number of aliphatic hydroxyl groups is 5. The summed E-state index contributed by atoms with van der Waals surface area (Å²) in [6, 6.07) is 0. The summed E-state index contributed by atoms with van der Waals surface area (Å²) in [5, 5.41) is 46.4. The number of aliphatic hydroxyl groups excluding tert-OH is 5. The maximum Gasteiger partial charge on any atom is 0.470 e. The maximum atomic E-state index is 10.8. The van der Waals surface area contributed by atoms with Crippen molar-refractivity contribution >= 4 is 7.82 Å². The van der Waals surface area contributed by atoms with Gasteiger partial charge in [0.1, 0.15) is 30.5 Å². The van der Waals surface area contributed by atoms with E-state index in [4.69, 9.17) is 34.6 Å². The molecule has 1 saturated heterocycles. The van der Waals surface area contributed by atoms with Gasteiger partial charge in [0.2, 0.25) is 0 Å². The highest BCUT2D eigenvalue weighted by Crippen LogP contribution is 2.41. The lowest BCUT2D eigenvalue weighted by atomic mass is 9.99. The number of hydrogen-bond donors (Lipinski definition) is 7. The number of hydrogen-bond acceptors (Lipinski definition) is 9. The lowest BCUT2D eigenvalue weighted by molar-refractivity contribution is -0.302. The Morgan fingerprint density at radius 3 is 2.29 bits per heavy atom. The van der Waals surface area contributed by atoms with Crippen molar-refractivity contribution in [3.05, 3.63) is 0 Å². The first-order valence-electron chi connectivity index (χ1n) is 5.96. The molecule has 12 heteroatoms. The molecule has 0 spiro atoms. The van der Waals surface area contributed by atoms with E-state index in [1.54, 1.807) is 0 Å². The van der Waals surface area contributed by atoms with E-state index in [1.165, 1.54) is 0 Å². The number of phosphoric acid groups is 1. The van der Waals surface area contributed by atoms with Crippen LogP contribution in [0.1, 0.15) is 0 Å². The molecule has 0 aromatic rings. The van der Waals surface area contributed by atoms with Crippen LogP contribution in [0.2, 0.25) is 0 Å². The lowest BCUT2D eigenvalue weighted by Gasteiger charge is -2.41. The zero-order chi connectivity index (χ0) is 16.2. The van der Waals surface area contributed by atoms with Crippen molar-refractivity contribution in [2.24, 2.45) is 0 Å². The molecule has 11 nitrogen and oxygen atoms in total. The summed E-state index contributed by atoms with van der Waals surface area (Å²) in [5.74, 6) is 0. The van der Waals surface area contributed by atoms with Crippen LogP contribution in [0.4, 0.5) is 0 Å². The molecule has 6 atom stereocenters. The first-order valence-corrected chi connectivity index (χ1v) is 7.49. The zero-order valence-corrected chi connectivity index (χ0v) is 11.7. The molecule has 1 aliphatic rings. The minimum atomic E-state index is -5.02. The first-order chi connectivity index (χ1) is 9.69. The zero-order valence-electron chi connectivity index (χ0n) is 10.8. The molecule has 0 aromatic heterocycles. The van der Waals surface area contributed by atoms with Gasteiger partial charge in [0, 0.05) is 0 Å². The second-order valence-corrected chi connectivity index (χ2v) is 5.63. The molecule has 0 amide bonds. The highest BCUT2D eigenvalue weighted by molar-refractivity contribution is 7.46. The fraction of sp³-hybridized carbons (Fsp3) is 1.00. The van der Waals surface area contributed by atoms with Gasteiger partial charge >= 0.3 is 7.82 Å². The Morgan fingerprint density at radius 1 is 1.19 bits per heavy atom. The van der Waals surface area contributed by atoms with Crippen molar-refractivity contribution in [2.45, 2.75) is 36.8 Å². The molecule has 0 radical (unpaired) electrons. The normalized spacial score (nSPS) is 35.7. The van der Waals surface area contributed by atoms with E-state index >= 15 is 0 Å². The van der Waals surface area contributed by atoms with Gasteiger partial charge in [-0.25, -0.2) is 4.57 Å². The van der Waals surface area contributed by atoms with Crippen LogP contribution >= 0.6 is 7.82 Å².